The fourth-order valence-electron chi connectivity index (χ4n) is 1.34. The zero-order valence-electron chi connectivity index (χ0n) is 8.98. The van der Waals surface area contributed by atoms with Crippen molar-refractivity contribution < 1.29 is 23.5 Å². The van der Waals surface area contributed by atoms with Gasteiger partial charge in [0.25, 0.3) is 0 Å². The quantitative estimate of drug-likeness (QED) is 0.839. The van der Waals surface area contributed by atoms with Crippen LogP contribution in [0.4, 0.5) is 8.78 Å². The Morgan fingerprint density at radius 2 is 1.82 bits per heavy atom. The van der Waals surface area contributed by atoms with E-state index in [0.29, 0.717) is 0 Å². The summed E-state index contributed by atoms with van der Waals surface area (Å²) in [6, 6.07) is 4.22. The average Bonchev–Trinajstić information content (AvgIpc) is 2.26. The smallest absolute Gasteiger partial charge is 0.332 e. The Balaban J connectivity index is 3.08. The maximum atomic E-state index is 13.8. The van der Waals surface area contributed by atoms with E-state index in [2.05, 4.69) is 0 Å². The first-order valence-electron chi connectivity index (χ1n) is 4.79. The van der Waals surface area contributed by atoms with Crippen LogP contribution in [0.5, 0.6) is 0 Å². The van der Waals surface area contributed by atoms with Gasteiger partial charge in [0.05, 0.1) is 0 Å². The normalized spacial score (nSPS) is 12.9. The second-order valence-electron chi connectivity index (χ2n) is 3.46. The van der Waals surface area contributed by atoms with Crippen LogP contribution < -0.4 is 5.32 Å². The van der Waals surface area contributed by atoms with E-state index in [4.69, 9.17) is 5.11 Å². The van der Waals surface area contributed by atoms with Crippen molar-refractivity contribution in [3.05, 3.63) is 35.9 Å². The molecule has 0 radical (unpaired) electrons. The second kappa shape index (κ2) is 4.90. The molecule has 17 heavy (non-hydrogen) atoms. The summed E-state index contributed by atoms with van der Waals surface area (Å²) >= 11 is 0. The molecule has 1 rings (SSSR count). The first-order valence-corrected chi connectivity index (χ1v) is 4.79. The van der Waals surface area contributed by atoms with Crippen LogP contribution in [-0.2, 0) is 15.5 Å². The minimum Gasteiger partial charge on any atom is -0.480 e. The van der Waals surface area contributed by atoms with Crippen LogP contribution in [0.1, 0.15) is 12.5 Å². The van der Waals surface area contributed by atoms with E-state index < -0.39 is 29.4 Å². The maximum absolute atomic E-state index is 13.8. The third-order valence-electron chi connectivity index (χ3n) is 2.12. The molecule has 0 saturated carbocycles. The van der Waals surface area contributed by atoms with Crippen molar-refractivity contribution in [2.24, 2.45) is 0 Å². The van der Waals surface area contributed by atoms with Gasteiger partial charge in [-0.3, -0.25) is 4.79 Å². The molecular weight excluding hydrogens is 232 g/mol. The molecule has 0 aliphatic heterocycles. The second-order valence-corrected chi connectivity index (χ2v) is 3.46. The predicted octanol–water partition coefficient (Wildman–Crippen LogP) is 1.37. The van der Waals surface area contributed by atoms with Gasteiger partial charge >= 0.3 is 11.9 Å². The number of carbonyl (C=O) groups is 2. The predicted molar refractivity (Wildman–Crippen MR) is 55.6 cm³/mol. The summed E-state index contributed by atoms with van der Waals surface area (Å²) in [5.74, 6) is -6.28. The van der Waals surface area contributed by atoms with E-state index in [1.54, 1.807) is 5.32 Å². The van der Waals surface area contributed by atoms with E-state index >= 15 is 0 Å². The number of rotatable bonds is 4. The summed E-state index contributed by atoms with van der Waals surface area (Å²) in [4.78, 5) is 21.5. The van der Waals surface area contributed by atoms with Gasteiger partial charge in [-0.1, -0.05) is 30.3 Å². The number of halogens is 2. The topological polar surface area (TPSA) is 66.4 Å². The van der Waals surface area contributed by atoms with Crippen LogP contribution in [0.15, 0.2) is 30.3 Å². The molecule has 0 fully saturated rings. The largest absolute Gasteiger partial charge is 0.480 e. The Hall–Kier alpha value is -1.98. The maximum Gasteiger partial charge on any atom is 0.332 e. The lowest BCUT2D eigenvalue weighted by Gasteiger charge is -2.24. The first kappa shape index (κ1) is 13.1. The van der Waals surface area contributed by atoms with Crippen LogP contribution in [0.3, 0.4) is 0 Å². The highest BCUT2D eigenvalue weighted by Crippen LogP contribution is 2.31. The molecule has 1 aromatic carbocycles. The number of aliphatic carboxylic acids is 1. The van der Waals surface area contributed by atoms with E-state index in [-0.39, 0.29) is 0 Å². The number of carboxylic acids is 1. The molecule has 0 heterocycles. The Morgan fingerprint density at radius 3 is 2.24 bits per heavy atom. The molecule has 92 valence electrons. The zero-order valence-corrected chi connectivity index (χ0v) is 8.98. The van der Waals surface area contributed by atoms with Crippen LogP contribution in [0.25, 0.3) is 0 Å². The lowest BCUT2D eigenvalue weighted by Crippen LogP contribution is -2.50. The van der Waals surface area contributed by atoms with Crippen molar-refractivity contribution in [3.63, 3.8) is 0 Å². The molecule has 0 saturated heterocycles. The van der Waals surface area contributed by atoms with Gasteiger partial charge in [0, 0.05) is 12.5 Å². The lowest BCUT2D eigenvalue weighted by atomic mass is 10.0. The summed E-state index contributed by atoms with van der Waals surface area (Å²) in [6.07, 6.45) is 0. The monoisotopic (exact) mass is 243 g/mol. The standard InChI is InChI=1S/C11H11F2NO3/c1-7(15)14-9(10(16)17)11(12,13)8-5-3-2-4-6-8/h2-6,9H,1H3,(H,14,15)(H,16,17)/t9-/m1/s1. The number of carboxylic acid groups (broad SMARTS) is 1. The van der Waals surface area contributed by atoms with Crippen LogP contribution >= 0.6 is 0 Å². The summed E-state index contributed by atoms with van der Waals surface area (Å²) in [7, 11) is 0. The van der Waals surface area contributed by atoms with Gasteiger partial charge in [0.1, 0.15) is 0 Å². The average molecular weight is 243 g/mol. The molecule has 6 heteroatoms. The van der Waals surface area contributed by atoms with Crippen molar-refractivity contribution >= 4 is 11.9 Å². The van der Waals surface area contributed by atoms with Crippen molar-refractivity contribution in [3.8, 4) is 0 Å². The number of hydrogen-bond donors (Lipinski definition) is 2. The van der Waals surface area contributed by atoms with E-state index in [0.717, 1.165) is 19.1 Å². The van der Waals surface area contributed by atoms with Gasteiger partial charge in [0.15, 0.2) is 6.04 Å². The van der Waals surface area contributed by atoms with Crippen LogP contribution in [0, 0.1) is 0 Å². The third kappa shape index (κ3) is 2.99. The van der Waals surface area contributed by atoms with Crippen LogP contribution in [0.2, 0.25) is 0 Å². The highest BCUT2D eigenvalue weighted by atomic mass is 19.3. The fraction of sp³-hybridized carbons (Fsp3) is 0.273. The van der Waals surface area contributed by atoms with Gasteiger partial charge in [-0.2, -0.15) is 8.78 Å². The van der Waals surface area contributed by atoms with E-state index in [1.807, 2.05) is 0 Å². The highest BCUT2D eigenvalue weighted by Gasteiger charge is 2.46. The first-order chi connectivity index (χ1) is 7.85. The van der Waals surface area contributed by atoms with Crippen molar-refractivity contribution in [2.75, 3.05) is 0 Å². The van der Waals surface area contributed by atoms with Gasteiger partial charge in [-0.25, -0.2) is 4.79 Å². The SMILES string of the molecule is CC(=O)N[C@H](C(=O)O)C(F)(F)c1ccccc1. The lowest BCUT2D eigenvalue weighted by molar-refractivity contribution is -0.154. The third-order valence-corrected chi connectivity index (χ3v) is 2.12. The number of carbonyl (C=O) groups excluding carboxylic acids is 1. The molecule has 1 amide bonds. The van der Waals surface area contributed by atoms with Gasteiger partial charge < -0.3 is 10.4 Å². The molecule has 0 spiro atoms. The number of hydrogen-bond acceptors (Lipinski definition) is 2. The molecule has 2 N–H and O–H groups in total. The molecule has 0 unspecified atom stereocenters. The highest BCUT2D eigenvalue weighted by molar-refractivity contribution is 5.83. The summed E-state index contributed by atoms with van der Waals surface area (Å²) in [6.45, 7) is 0.983. The number of alkyl halides is 2. The Bertz CT molecular complexity index is 420. The Morgan fingerprint density at radius 1 is 1.29 bits per heavy atom. The molecule has 1 atom stereocenters. The summed E-state index contributed by atoms with van der Waals surface area (Å²) < 4.78 is 27.7. The minimum atomic E-state index is -3.67. The van der Waals surface area contributed by atoms with Crippen molar-refractivity contribution in [2.45, 2.75) is 18.9 Å². The van der Waals surface area contributed by atoms with Crippen LogP contribution in [-0.4, -0.2) is 23.0 Å². The number of nitrogens with one attached hydrogen (secondary N) is 1. The van der Waals surface area contributed by atoms with Crippen molar-refractivity contribution in [1.29, 1.82) is 0 Å². The Kier molecular flexibility index (Phi) is 3.77. The minimum absolute atomic E-state index is 0.457. The van der Waals surface area contributed by atoms with Gasteiger partial charge in [-0.15, -0.1) is 0 Å². The fourth-order valence-corrected chi connectivity index (χ4v) is 1.34. The molecule has 0 aromatic heterocycles. The van der Waals surface area contributed by atoms with E-state index in [1.165, 1.54) is 18.2 Å². The summed E-state index contributed by atoms with van der Waals surface area (Å²) in [5.41, 5.74) is -0.457. The van der Waals surface area contributed by atoms with Crippen molar-refractivity contribution in [1.82, 2.24) is 5.32 Å². The number of benzene rings is 1. The molecule has 0 aliphatic rings. The molecule has 4 nitrogen and oxygen atoms in total. The molecule has 0 bridgehead atoms. The molecular formula is C11H11F2NO3. The number of amides is 1. The van der Waals surface area contributed by atoms with Gasteiger partial charge in [-0.05, 0) is 0 Å². The van der Waals surface area contributed by atoms with Gasteiger partial charge in [0.2, 0.25) is 5.91 Å². The molecule has 0 aliphatic carbocycles. The van der Waals surface area contributed by atoms with E-state index in [9.17, 15) is 18.4 Å². The molecule has 1 aromatic rings. The Labute approximate surface area is 96.3 Å². The zero-order chi connectivity index (χ0) is 13.1. The summed E-state index contributed by atoms with van der Waals surface area (Å²) in [5, 5.41) is 10.5.